The van der Waals surface area contributed by atoms with Gasteiger partial charge in [-0.05, 0) is 125 Å². The van der Waals surface area contributed by atoms with Crippen LogP contribution in [0.5, 0.6) is 11.5 Å². The van der Waals surface area contributed by atoms with Crippen LogP contribution in [-0.2, 0) is 62.0 Å². The van der Waals surface area contributed by atoms with Gasteiger partial charge in [0, 0.05) is 41.9 Å². The highest BCUT2D eigenvalue weighted by atomic mass is 32.2. The van der Waals surface area contributed by atoms with Crippen LogP contribution in [0.25, 0.3) is 0 Å². The van der Waals surface area contributed by atoms with E-state index in [1.807, 2.05) is 24.3 Å². The number of ketones is 2. The minimum atomic E-state index is -6.37. The molecule has 0 aliphatic rings. The number of rotatable bonds is 33. The van der Waals surface area contributed by atoms with E-state index in [4.69, 9.17) is 19.8 Å². The van der Waals surface area contributed by atoms with Crippen molar-refractivity contribution in [2.75, 3.05) is 39.6 Å². The minimum Gasteiger partial charge on any atom is -0.481 e. The summed E-state index contributed by atoms with van der Waals surface area (Å²) < 4.78 is 206. The van der Waals surface area contributed by atoms with Crippen molar-refractivity contribution in [1.29, 1.82) is 0 Å². The maximum Gasteiger partial charge on any atom is 0.483 e. The van der Waals surface area contributed by atoms with E-state index in [9.17, 15) is 99.8 Å². The van der Waals surface area contributed by atoms with Gasteiger partial charge in [0.05, 0.1) is 32.3 Å². The zero-order chi connectivity index (χ0) is 72.1. The van der Waals surface area contributed by atoms with E-state index >= 15 is 0 Å². The number of alkyl halides is 14. The number of carbonyl (C=O) groups excluding carboxylic acids is 7. The van der Waals surface area contributed by atoms with E-state index in [1.54, 1.807) is 67.6 Å². The molecule has 0 aliphatic heterocycles. The van der Waals surface area contributed by atoms with Crippen molar-refractivity contribution in [2.45, 2.75) is 110 Å². The molecule has 0 unspecified atom stereocenters. The first-order valence-electron chi connectivity index (χ1n) is 26.2. The molecule has 0 bridgehead atoms. The van der Waals surface area contributed by atoms with Crippen LogP contribution in [0.15, 0.2) is 151 Å². The number of oxime groups is 2. The summed E-state index contributed by atoms with van der Waals surface area (Å²) in [7, 11) is 0. The summed E-state index contributed by atoms with van der Waals surface area (Å²) in [5.74, 6) is -5.95. The van der Waals surface area contributed by atoms with Crippen molar-refractivity contribution < 1.29 is 153 Å². The van der Waals surface area contributed by atoms with Crippen molar-refractivity contribution in [3.05, 3.63) is 132 Å². The molecule has 0 atom stereocenters. The van der Waals surface area contributed by atoms with Gasteiger partial charge in [-0.2, -0.15) is 61.5 Å². The fraction of sp³-hybridized carbons (Fsp3) is 0.345. The molecule has 0 amide bonds. The lowest BCUT2D eigenvalue weighted by Crippen LogP contribution is -2.46. The van der Waals surface area contributed by atoms with Gasteiger partial charge in [0.2, 0.25) is 11.6 Å². The van der Waals surface area contributed by atoms with Crippen molar-refractivity contribution in [2.24, 2.45) is 10.3 Å². The Morgan fingerprint density at radius 2 is 0.842 bits per heavy atom. The molecule has 0 aromatic heterocycles. The summed E-state index contributed by atoms with van der Waals surface area (Å²) in [6.45, 7) is 3.22. The molecule has 2 N–H and O–H groups in total. The third kappa shape index (κ3) is 33.8. The molecule has 37 heteroatoms. The van der Waals surface area contributed by atoms with Crippen LogP contribution in [0.2, 0.25) is 0 Å². The van der Waals surface area contributed by atoms with Crippen molar-refractivity contribution >= 4 is 82.3 Å². The maximum atomic E-state index is 13.1. The molecule has 0 saturated carbocycles. The van der Waals surface area contributed by atoms with Crippen LogP contribution in [0.3, 0.4) is 0 Å². The zero-order valence-electron chi connectivity index (χ0n) is 49.6. The molecule has 4 aromatic carbocycles. The highest BCUT2D eigenvalue weighted by Gasteiger charge is 2.64. The predicted molar refractivity (Wildman–Crippen MR) is 301 cm³/mol. The van der Waals surface area contributed by atoms with Crippen LogP contribution in [0.4, 0.5) is 61.5 Å². The molecule has 0 aliphatic carbocycles. The number of halogens is 14. The average molecular weight is 1410 g/mol. The van der Waals surface area contributed by atoms with Gasteiger partial charge < -0.3 is 43.6 Å². The number of carboxylic acid groups (broad SMARTS) is 1. The summed E-state index contributed by atoms with van der Waals surface area (Å²) in [6, 6.07) is 27.2. The first-order chi connectivity index (χ1) is 43.9. The van der Waals surface area contributed by atoms with Crippen molar-refractivity contribution in [3.63, 3.8) is 0 Å². The SMILES string of the molecule is C=C(C)C(=O)Oc1ccc(Sc2ccc(C(=O)/C(C)=N/O)cc2)cc1.C=C(C)C(=O)Oc1ccc(Sc2ccc(C(=O)/C(C)=N/OC(=O)CCC(=O)OCCOCC(F)(F)OC(F)(F)C(F)(F)F)cc2)cc1.O=C(O)CCC(=O)OCC(F)(F)OC(F)(F)COCC(F)(F)F. The number of ether oxygens (including phenoxy) is 8. The number of carbonyl (C=O) groups is 8. The Labute approximate surface area is 537 Å². The van der Waals surface area contributed by atoms with E-state index in [2.05, 4.69) is 56.7 Å². The van der Waals surface area contributed by atoms with Crippen molar-refractivity contribution in [1.82, 2.24) is 0 Å². The third-order valence-electron chi connectivity index (χ3n) is 10.2. The van der Waals surface area contributed by atoms with E-state index in [0.29, 0.717) is 22.6 Å². The Bertz CT molecular complexity index is 3350. The Hall–Kier alpha value is -8.78. The van der Waals surface area contributed by atoms with Gasteiger partial charge in [0.15, 0.2) is 6.61 Å². The lowest BCUT2D eigenvalue weighted by molar-refractivity contribution is -0.460. The molecule has 21 nitrogen and oxygen atoms in total. The summed E-state index contributed by atoms with van der Waals surface area (Å²) in [5, 5.41) is 23.2. The van der Waals surface area contributed by atoms with Gasteiger partial charge in [0.25, 0.3) is 0 Å². The Morgan fingerprint density at radius 1 is 0.463 bits per heavy atom. The number of hydrogen-bond donors (Lipinski definition) is 2. The number of Topliss-reactive ketones (excluding diaryl/α,β-unsaturated/α-hetero) is 2. The molecule has 0 fully saturated rings. The number of benzene rings is 4. The zero-order valence-corrected chi connectivity index (χ0v) is 51.2. The summed E-state index contributed by atoms with van der Waals surface area (Å²) >= 11 is 2.88. The number of hydrogen-bond acceptors (Lipinski definition) is 22. The first kappa shape index (κ1) is 82.3. The second-order valence-electron chi connectivity index (χ2n) is 18.6. The van der Waals surface area contributed by atoms with E-state index in [1.165, 1.54) is 56.4 Å². The van der Waals surface area contributed by atoms with Gasteiger partial charge in [0.1, 0.15) is 49.3 Å². The molecule has 0 heterocycles. The van der Waals surface area contributed by atoms with Gasteiger partial charge >= 0.3 is 72.6 Å². The van der Waals surface area contributed by atoms with Crippen LogP contribution in [0, 0.1) is 0 Å². The molecule has 95 heavy (non-hydrogen) atoms. The lowest BCUT2D eigenvalue weighted by Gasteiger charge is -2.24. The Kier molecular flexibility index (Phi) is 32.9. The number of carboxylic acids is 1. The van der Waals surface area contributed by atoms with Crippen LogP contribution in [0.1, 0.15) is 74.1 Å². The van der Waals surface area contributed by atoms with Gasteiger partial charge in [-0.15, -0.1) is 0 Å². The number of esters is 4. The standard InChI is InChI=1S/C29H26F7NO9S.C19H17NO4S.C10H11F7O6/c1-17(2)26(41)44-20-6-10-22(11-7-20)47-21-8-4-19(5-9-21)25(40)18(3)37-45-24(39)13-12-23(38)43-15-14-42-16-27(30,31)46-29(35,36)28(32,33)34;1-12(2)19(22)24-15-6-10-17(11-7-15)25-16-8-4-14(5-9-16)18(21)13(3)20-23;11-8(12,13)3-21-4-9(14,15)23-10(16,17)5-22-7(20)2-1-6(18)19/h4-11H,1,12-16H2,2-3H3;4-11,23H,1H2,2-3H3;1-5H2,(H,18,19)/b37-18+;20-13+;. The second-order valence-corrected chi connectivity index (χ2v) is 20.9. The summed E-state index contributed by atoms with van der Waals surface area (Å²) in [5.41, 5.74) is 1.15. The number of aliphatic carboxylic acids is 1. The maximum absolute atomic E-state index is 13.1. The highest BCUT2D eigenvalue weighted by Crippen LogP contribution is 2.40. The second kappa shape index (κ2) is 37.9. The molecular weight excluding hydrogens is 1360 g/mol. The topological polar surface area (TPSA) is 285 Å². The van der Waals surface area contributed by atoms with Crippen LogP contribution in [-0.4, -0.2) is 146 Å². The van der Waals surface area contributed by atoms with E-state index in [0.717, 1.165) is 19.6 Å². The monoisotopic (exact) mass is 1410 g/mol. The third-order valence-corrected chi connectivity index (χ3v) is 12.3. The van der Waals surface area contributed by atoms with Gasteiger partial charge in [-0.25, -0.2) is 19.1 Å². The van der Waals surface area contributed by atoms with E-state index in [-0.39, 0.29) is 28.3 Å². The van der Waals surface area contributed by atoms with Crippen LogP contribution < -0.4 is 9.47 Å². The highest BCUT2D eigenvalue weighted by molar-refractivity contribution is 7.99. The predicted octanol–water partition coefficient (Wildman–Crippen LogP) is 13.1. The molecule has 0 saturated heterocycles. The molecular formula is C58H54F14N2O19S2. The minimum absolute atomic E-state index is 0.0419. The van der Waals surface area contributed by atoms with Crippen molar-refractivity contribution in [3.8, 4) is 11.5 Å². The average Bonchev–Trinajstić information content (AvgIpc) is 0.856. The Morgan fingerprint density at radius 3 is 1.25 bits per heavy atom. The molecule has 0 radical (unpaired) electrons. The van der Waals surface area contributed by atoms with Gasteiger partial charge in [-0.3, -0.25) is 28.7 Å². The fourth-order valence-electron chi connectivity index (χ4n) is 5.80. The summed E-state index contributed by atoms with van der Waals surface area (Å²) in [4.78, 5) is 100. The molecule has 4 aromatic rings. The summed E-state index contributed by atoms with van der Waals surface area (Å²) in [6.07, 6.45) is -34.6. The van der Waals surface area contributed by atoms with Crippen LogP contribution >= 0.6 is 23.5 Å². The molecule has 0 spiro atoms. The normalized spacial score (nSPS) is 12.1. The number of nitrogens with zero attached hydrogens (tertiary/aromatic N) is 2. The molecule has 520 valence electrons. The van der Waals surface area contributed by atoms with E-state index < -0.39 is 144 Å². The largest absolute Gasteiger partial charge is 0.483 e. The smallest absolute Gasteiger partial charge is 0.481 e. The van der Waals surface area contributed by atoms with Gasteiger partial charge in [-0.1, -0.05) is 47.0 Å². The fourth-order valence-corrected chi connectivity index (χ4v) is 7.43. The lowest BCUT2D eigenvalue weighted by atomic mass is 10.1. The first-order valence-corrected chi connectivity index (χ1v) is 27.8. The molecule has 4 rings (SSSR count). The quantitative estimate of drug-likeness (QED) is 0.00428. The Balaban J connectivity index is 0.000000537.